The van der Waals surface area contributed by atoms with Crippen LogP contribution in [-0.2, 0) is 28.7 Å². The Hall–Kier alpha value is -3.34. The van der Waals surface area contributed by atoms with Gasteiger partial charge in [-0.25, -0.2) is 4.79 Å². The standard InChI is InChI=1S/C21H22N2O8S/c1-3-10(2)16(26)13-8-32-20-14(19(28)23(20)15(13)21(29)30)22-18(27)17(31-9-24)11-4-6-12(25)7-5-11/h4-7,9-10,14,17,20,25H,3,8H2,1-2H3,(H,22,27)(H,29,30)/t10?,14?,17?,20-/m0/s1. The molecule has 32 heavy (non-hydrogen) atoms. The number of β-lactam (4-membered cyclic amide) rings is 1. The highest BCUT2D eigenvalue weighted by molar-refractivity contribution is 8.00. The van der Waals surface area contributed by atoms with Crippen molar-refractivity contribution in [1.82, 2.24) is 10.2 Å². The third-order valence-corrected chi connectivity index (χ3v) is 6.73. The van der Waals surface area contributed by atoms with E-state index in [0.717, 1.165) is 4.90 Å². The molecule has 3 N–H and O–H groups in total. The lowest BCUT2D eigenvalue weighted by molar-refractivity contribution is -0.154. The van der Waals surface area contributed by atoms with Gasteiger partial charge in [-0.2, -0.15) is 0 Å². The number of carboxylic acid groups (broad SMARTS) is 1. The van der Waals surface area contributed by atoms with E-state index < -0.39 is 35.3 Å². The number of benzene rings is 1. The molecule has 1 aromatic carbocycles. The van der Waals surface area contributed by atoms with Gasteiger partial charge in [0.05, 0.1) is 0 Å². The number of ketones is 1. The first-order valence-corrected chi connectivity index (χ1v) is 10.9. The van der Waals surface area contributed by atoms with Crippen molar-refractivity contribution in [3.8, 4) is 5.75 Å². The number of aromatic hydroxyl groups is 1. The van der Waals surface area contributed by atoms with Crippen molar-refractivity contribution in [1.29, 1.82) is 0 Å². The van der Waals surface area contributed by atoms with Crippen LogP contribution in [0, 0.1) is 5.92 Å². The van der Waals surface area contributed by atoms with Gasteiger partial charge in [-0.15, -0.1) is 11.8 Å². The van der Waals surface area contributed by atoms with Gasteiger partial charge in [0.25, 0.3) is 18.3 Å². The number of ether oxygens (including phenoxy) is 1. The summed E-state index contributed by atoms with van der Waals surface area (Å²) in [5.74, 6) is -3.47. The molecule has 11 heteroatoms. The minimum atomic E-state index is -1.38. The van der Waals surface area contributed by atoms with Gasteiger partial charge in [-0.1, -0.05) is 26.0 Å². The Bertz CT molecular complexity index is 990. The number of rotatable bonds is 9. The summed E-state index contributed by atoms with van der Waals surface area (Å²) in [4.78, 5) is 61.9. The van der Waals surface area contributed by atoms with Gasteiger partial charge in [0.2, 0.25) is 6.10 Å². The number of carbonyl (C=O) groups is 5. The summed E-state index contributed by atoms with van der Waals surface area (Å²) in [6.07, 6.45) is -0.828. The molecule has 3 unspecified atom stereocenters. The van der Waals surface area contributed by atoms with Gasteiger partial charge in [-0.05, 0) is 18.6 Å². The summed E-state index contributed by atoms with van der Waals surface area (Å²) in [7, 11) is 0. The number of hydrogen-bond donors (Lipinski definition) is 3. The van der Waals surface area contributed by atoms with Gasteiger partial charge in [-0.3, -0.25) is 24.1 Å². The predicted octanol–water partition coefficient (Wildman–Crippen LogP) is 0.960. The number of carboxylic acids is 1. The molecule has 0 saturated carbocycles. The van der Waals surface area contributed by atoms with Crippen molar-refractivity contribution < 1.29 is 38.9 Å². The smallest absolute Gasteiger partial charge is 0.353 e. The van der Waals surface area contributed by atoms with Crippen molar-refractivity contribution in [2.75, 3.05) is 5.75 Å². The van der Waals surface area contributed by atoms with E-state index >= 15 is 0 Å². The van der Waals surface area contributed by atoms with Crippen molar-refractivity contribution in [3.05, 3.63) is 41.1 Å². The minimum Gasteiger partial charge on any atom is -0.508 e. The number of amides is 2. The van der Waals surface area contributed by atoms with E-state index in [1.807, 2.05) is 6.92 Å². The van der Waals surface area contributed by atoms with E-state index in [9.17, 15) is 34.2 Å². The zero-order chi connectivity index (χ0) is 23.6. The number of hydrogen-bond acceptors (Lipinski definition) is 8. The number of thioether (sulfide) groups is 1. The molecule has 0 bridgehead atoms. The number of Topliss-reactive ketones (excluding diaryl/α,β-unsaturated/α-hetero) is 1. The molecule has 3 rings (SSSR count). The molecule has 10 nitrogen and oxygen atoms in total. The van der Waals surface area contributed by atoms with Gasteiger partial charge in [0.1, 0.15) is 22.9 Å². The summed E-state index contributed by atoms with van der Waals surface area (Å²) < 4.78 is 4.86. The topological polar surface area (TPSA) is 150 Å². The number of phenolic OH excluding ortho intramolecular Hbond substituents is 1. The van der Waals surface area contributed by atoms with Crippen molar-refractivity contribution in [2.24, 2.45) is 5.92 Å². The average molecular weight is 462 g/mol. The Labute approximate surface area is 187 Å². The SMILES string of the molecule is CCC(C)C(=O)C1=C(C(=O)O)N2C(=O)C(NC(=O)C(OC=O)c3ccc(O)cc3)[C@@H]2SC1. The van der Waals surface area contributed by atoms with Crippen LogP contribution in [0.4, 0.5) is 0 Å². The third-order valence-electron chi connectivity index (χ3n) is 5.45. The highest BCUT2D eigenvalue weighted by Gasteiger charge is 2.55. The summed E-state index contributed by atoms with van der Waals surface area (Å²) in [5.41, 5.74) is 0.00569. The first-order chi connectivity index (χ1) is 15.2. The normalized spacial score (nSPS) is 21.7. The van der Waals surface area contributed by atoms with Crippen molar-refractivity contribution in [3.63, 3.8) is 0 Å². The van der Waals surface area contributed by atoms with Crippen LogP contribution in [0.25, 0.3) is 0 Å². The number of fused-ring (bicyclic) bond motifs is 1. The van der Waals surface area contributed by atoms with Crippen LogP contribution in [0.15, 0.2) is 35.5 Å². The maximum atomic E-state index is 12.8. The molecular formula is C21H22N2O8S. The van der Waals surface area contributed by atoms with Crippen LogP contribution < -0.4 is 5.32 Å². The zero-order valence-corrected chi connectivity index (χ0v) is 18.1. The molecule has 0 radical (unpaired) electrons. The summed E-state index contributed by atoms with van der Waals surface area (Å²) >= 11 is 1.18. The Morgan fingerprint density at radius 3 is 2.53 bits per heavy atom. The number of nitrogens with zero attached hydrogens (tertiary/aromatic N) is 1. The van der Waals surface area contributed by atoms with Crippen LogP contribution in [0.1, 0.15) is 31.9 Å². The maximum Gasteiger partial charge on any atom is 0.353 e. The molecular weight excluding hydrogens is 440 g/mol. The van der Waals surface area contributed by atoms with Gasteiger partial charge < -0.3 is 20.3 Å². The van der Waals surface area contributed by atoms with Crippen LogP contribution in [0.2, 0.25) is 0 Å². The number of nitrogens with one attached hydrogen (secondary N) is 1. The van der Waals surface area contributed by atoms with Crippen LogP contribution in [0.5, 0.6) is 5.75 Å². The van der Waals surface area contributed by atoms with E-state index in [-0.39, 0.29) is 46.5 Å². The Morgan fingerprint density at radius 2 is 1.97 bits per heavy atom. The van der Waals surface area contributed by atoms with Crippen molar-refractivity contribution in [2.45, 2.75) is 37.8 Å². The largest absolute Gasteiger partial charge is 0.508 e. The van der Waals surface area contributed by atoms with E-state index in [4.69, 9.17) is 4.74 Å². The first-order valence-electron chi connectivity index (χ1n) is 9.84. The first kappa shape index (κ1) is 23.3. The molecule has 4 atom stereocenters. The number of aliphatic carboxylic acids is 1. The zero-order valence-electron chi connectivity index (χ0n) is 17.3. The molecule has 2 aliphatic heterocycles. The third kappa shape index (κ3) is 4.20. The van der Waals surface area contributed by atoms with E-state index in [2.05, 4.69) is 5.32 Å². The fourth-order valence-electron chi connectivity index (χ4n) is 3.52. The van der Waals surface area contributed by atoms with Gasteiger partial charge in [0, 0.05) is 22.8 Å². The molecule has 1 saturated heterocycles. The molecule has 1 aromatic rings. The minimum absolute atomic E-state index is 0.0434. The van der Waals surface area contributed by atoms with Crippen LogP contribution in [0.3, 0.4) is 0 Å². The molecule has 170 valence electrons. The molecule has 1 fully saturated rings. The quantitative estimate of drug-likeness (QED) is 0.360. The summed E-state index contributed by atoms with van der Waals surface area (Å²) in [6.45, 7) is 3.61. The maximum absolute atomic E-state index is 12.8. The van der Waals surface area contributed by atoms with Crippen LogP contribution >= 0.6 is 11.8 Å². The number of phenols is 1. The predicted molar refractivity (Wildman–Crippen MR) is 112 cm³/mol. The molecule has 0 aliphatic carbocycles. The number of carbonyl (C=O) groups excluding carboxylic acids is 4. The Balaban J connectivity index is 1.81. The molecule has 2 amide bonds. The molecule has 0 spiro atoms. The van der Waals surface area contributed by atoms with E-state index in [1.165, 1.54) is 36.0 Å². The molecule has 2 heterocycles. The second-order valence-electron chi connectivity index (χ2n) is 7.41. The average Bonchev–Trinajstić information content (AvgIpc) is 2.79. The highest BCUT2D eigenvalue weighted by Crippen LogP contribution is 2.41. The summed E-state index contributed by atoms with van der Waals surface area (Å²) in [6, 6.07) is 4.38. The lowest BCUT2D eigenvalue weighted by atomic mass is 9.94. The monoisotopic (exact) mass is 462 g/mol. The summed E-state index contributed by atoms with van der Waals surface area (Å²) in [5, 5.41) is 20.9. The van der Waals surface area contributed by atoms with Gasteiger partial charge in [0.15, 0.2) is 5.78 Å². The van der Waals surface area contributed by atoms with E-state index in [1.54, 1.807) is 6.92 Å². The Morgan fingerprint density at radius 1 is 1.31 bits per heavy atom. The van der Waals surface area contributed by atoms with E-state index in [0.29, 0.717) is 6.42 Å². The second kappa shape index (κ2) is 9.43. The highest BCUT2D eigenvalue weighted by atomic mass is 32.2. The fourth-order valence-corrected chi connectivity index (χ4v) is 4.87. The second-order valence-corrected chi connectivity index (χ2v) is 8.51. The van der Waals surface area contributed by atoms with Crippen LogP contribution in [-0.4, -0.2) is 62.3 Å². The lowest BCUT2D eigenvalue weighted by Crippen LogP contribution is -2.71. The molecule has 2 aliphatic rings. The van der Waals surface area contributed by atoms with Gasteiger partial charge >= 0.3 is 5.97 Å². The fraction of sp³-hybridized carbons (Fsp3) is 0.381. The molecule has 0 aromatic heterocycles. The Kier molecular flexibility index (Phi) is 6.87. The van der Waals surface area contributed by atoms with Crippen molar-refractivity contribution >= 4 is 41.8 Å². The lowest BCUT2D eigenvalue weighted by Gasteiger charge is -2.49.